The fourth-order valence-electron chi connectivity index (χ4n) is 3.62. The SMILES string of the molecule is CCCc1nc2ccc(Br)cc2c(=O)n1N=Cc1cc(OCC)c(OCc2ccccc2Cl)cc1Br. The van der Waals surface area contributed by atoms with Gasteiger partial charge < -0.3 is 9.47 Å². The van der Waals surface area contributed by atoms with E-state index in [1.807, 2.05) is 62.4 Å². The molecular formula is C27H24Br2ClN3O3. The van der Waals surface area contributed by atoms with Gasteiger partial charge in [-0.05, 0) is 65.7 Å². The molecule has 0 atom stereocenters. The molecule has 0 aliphatic heterocycles. The summed E-state index contributed by atoms with van der Waals surface area (Å²) < 4.78 is 14.8. The van der Waals surface area contributed by atoms with Crippen LogP contribution in [-0.4, -0.2) is 22.5 Å². The fraction of sp³-hybridized carbons (Fsp3) is 0.222. The second-order valence-corrected chi connectivity index (χ2v) is 10.1. The number of nitrogens with zero attached hydrogens (tertiary/aromatic N) is 3. The molecule has 0 aliphatic rings. The summed E-state index contributed by atoms with van der Waals surface area (Å²) in [6, 6.07) is 16.7. The molecule has 0 fully saturated rings. The van der Waals surface area contributed by atoms with Crippen LogP contribution in [0.1, 0.15) is 37.2 Å². The number of ether oxygens (including phenoxy) is 2. The first-order chi connectivity index (χ1) is 17.4. The van der Waals surface area contributed by atoms with Gasteiger partial charge in [0.25, 0.3) is 5.56 Å². The van der Waals surface area contributed by atoms with Crippen molar-refractivity contribution in [1.29, 1.82) is 0 Å². The molecule has 0 bridgehead atoms. The van der Waals surface area contributed by atoms with E-state index in [-0.39, 0.29) is 5.56 Å². The largest absolute Gasteiger partial charge is 0.490 e. The quantitative estimate of drug-likeness (QED) is 0.180. The van der Waals surface area contributed by atoms with Gasteiger partial charge in [0.05, 0.1) is 23.7 Å². The van der Waals surface area contributed by atoms with Crippen molar-refractivity contribution in [2.45, 2.75) is 33.3 Å². The Labute approximate surface area is 231 Å². The van der Waals surface area contributed by atoms with Crippen molar-refractivity contribution >= 4 is 60.6 Å². The van der Waals surface area contributed by atoms with Crippen LogP contribution in [0.5, 0.6) is 11.5 Å². The van der Waals surface area contributed by atoms with Gasteiger partial charge in [-0.3, -0.25) is 4.79 Å². The van der Waals surface area contributed by atoms with E-state index in [2.05, 4.69) is 41.9 Å². The molecular weight excluding hydrogens is 610 g/mol. The Kier molecular flexibility index (Phi) is 8.82. The minimum Gasteiger partial charge on any atom is -0.490 e. The molecule has 186 valence electrons. The first-order valence-electron chi connectivity index (χ1n) is 11.5. The molecule has 0 aliphatic carbocycles. The Morgan fingerprint density at radius 1 is 1.06 bits per heavy atom. The molecule has 3 aromatic carbocycles. The Hall–Kier alpha value is -2.68. The Bertz CT molecular complexity index is 1490. The zero-order chi connectivity index (χ0) is 25.7. The third-order valence-corrected chi connectivity index (χ3v) is 6.91. The van der Waals surface area contributed by atoms with Gasteiger partial charge >= 0.3 is 0 Å². The Morgan fingerprint density at radius 3 is 2.58 bits per heavy atom. The molecule has 0 radical (unpaired) electrons. The second-order valence-electron chi connectivity index (χ2n) is 7.93. The number of fused-ring (bicyclic) bond motifs is 1. The second kappa shape index (κ2) is 12.0. The predicted octanol–water partition coefficient (Wildman–Crippen LogP) is 7.39. The highest BCUT2D eigenvalue weighted by Crippen LogP contribution is 2.34. The van der Waals surface area contributed by atoms with E-state index in [9.17, 15) is 4.79 Å². The lowest BCUT2D eigenvalue weighted by Crippen LogP contribution is -2.22. The number of aryl methyl sites for hydroxylation is 1. The first-order valence-corrected chi connectivity index (χ1v) is 13.5. The molecule has 0 amide bonds. The van der Waals surface area contributed by atoms with Crippen LogP contribution in [0.2, 0.25) is 5.02 Å². The molecule has 9 heteroatoms. The first kappa shape index (κ1) is 26.4. The lowest BCUT2D eigenvalue weighted by Gasteiger charge is -2.14. The number of halogens is 3. The maximum absolute atomic E-state index is 13.3. The third-order valence-electron chi connectivity index (χ3n) is 5.37. The van der Waals surface area contributed by atoms with E-state index in [4.69, 9.17) is 21.1 Å². The maximum Gasteiger partial charge on any atom is 0.282 e. The average molecular weight is 634 g/mol. The number of aromatic nitrogens is 2. The molecule has 0 spiro atoms. The molecule has 4 aromatic rings. The monoisotopic (exact) mass is 631 g/mol. The van der Waals surface area contributed by atoms with Gasteiger partial charge in [-0.15, -0.1) is 0 Å². The van der Waals surface area contributed by atoms with Crippen LogP contribution in [0.25, 0.3) is 10.9 Å². The predicted molar refractivity (Wildman–Crippen MR) is 152 cm³/mol. The highest BCUT2D eigenvalue weighted by atomic mass is 79.9. The smallest absolute Gasteiger partial charge is 0.282 e. The summed E-state index contributed by atoms with van der Waals surface area (Å²) in [4.78, 5) is 18.0. The number of rotatable bonds is 9. The molecule has 36 heavy (non-hydrogen) atoms. The van der Waals surface area contributed by atoms with Gasteiger partial charge in [-0.1, -0.05) is 52.7 Å². The highest BCUT2D eigenvalue weighted by molar-refractivity contribution is 9.10. The van der Waals surface area contributed by atoms with Gasteiger partial charge in [0.1, 0.15) is 12.4 Å². The van der Waals surface area contributed by atoms with Crippen LogP contribution in [0, 0.1) is 0 Å². The standard InChI is InChI=1S/C27H24Br2ClN3O3/c1-3-7-26-32-23-11-10-19(28)13-20(23)27(34)33(26)31-15-18-12-24(35-4-2)25(14-21(18)29)36-16-17-8-5-6-9-22(17)30/h5-6,8-15H,3-4,7,16H2,1-2H3. The molecule has 0 N–H and O–H groups in total. The summed E-state index contributed by atoms with van der Waals surface area (Å²) in [5, 5.41) is 5.67. The molecule has 0 saturated heterocycles. The van der Waals surface area contributed by atoms with Crippen molar-refractivity contribution in [1.82, 2.24) is 9.66 Å². The van der Waals surface area contributed by atoms with Gasteiger partial charge in [-0.2, -0.15) is 9.78 Å². The minimum absolute atomic E-state index is 0.221. The van der Waals surface area contributed by atoms with E-state index >= 15 is 0 Å². The third kappa shape index (κ3) is 5.99. The van der Waals surface area contributed by atoms with E-state index in [1.165, 1.54) is 4.68 Å². The lowest BCUT2D eigenvalue weighted by atomic mass is 10.2. The molecule has 1 heterocycles. The van der Waals surface area contributed by atoms with Crippen molar-refractivity contribution in [2.75, 3.05) is 6.61 Å². The number of hydrogen-bond acceptors (Lipinski definition) is 5. The van der Waals surface area contributed by atoms with Gasteiger partial charge in [0, 0.05) is 31.5 Å². The van der Waals surface area contributed by atoms with Crippen LogP contribution in [-0.2, 0) is 13.0 Å². The van der Waals surface area contributed by atoms with Crippen LogP contribution in [0.3, 0.4) is 0 Å². The normalized spacial score (nSPS) is 11.4. The summed E-state index contributed by atoms with van der Waals surface area (Å²) in [5.41, 5.74) is 2.04. The average Bonchev–Trinajstić information content (AvgIpc) is 2.86. The lowest BCUT2D eigenvalue weighted by molar-refractivity contribution is 0.269. The van der Waals surface area contributed by atoms with Crippen molar-refractivity contribution in [3.8, 4) is 11.5 Å². The van der Waals surface area contributed by atoms with Crippen LogP contribution in [0.15, 0.2) is 73.4 Å². The van der Waals surface area contributed by atoms with Crippen molar-refractivity contribution < 1.29 is 9.47 Å². The van der Waals surface area contributed by atoms with Crippen LogP contribution in [0.4, 0.5) is 0 Å². The summed E-state index contributed by atoms with van der Waals surface area (Å²) in [6.45, 7) is 4.71. The summed E-state index contributed by atoms with van der Waals surface area (Å²) in [6.07, 6.45) is 3.08. The summed E-state index contributed by atoms with van der Waals surface area (Å²) in [5.74, 6) is 1.74. The van der Waals surface area contributed by atoms with E-state index < -0.39 is 0 Å². The Morgan fingerprint density at radius 2 is 1.83 bits per heavy atom. The summed E-state index contributed by atoms with van der Waals surface area (Å²) in [7, 11) is 0. The van der Waals surface area contributed by atoms with Crippen molar-refractivity contribution in [2.24, 2.45) is 5.10 Å². The highest BCUT2D eigenvalue weighted by Gasteiger charge is 2.13. The minimum atomic E-state index is -0.221. The van der Waals surface area contributed by atoms with Crippen molar-refractivity contribution in [3.05, 3.63) is 95.9 Å². The maximum atomic E-state index is 13.3. The van der Waals surface area contributed by atoms with Crippen LogP contribution < -0.4 is 15.0 Å². The zero-order valence-corrected chi connectivity index (χ0v) is 23.7. The Balaban J connectivity index is 1.70. The van der Waals surface area contributed by atoms with Crippen LogP contribution >= 0.6 is 43.5 Å². The molecule has 0 unspecified atom stereocenters. The van der Waals surface area contributed by atoms with Crippen molar-refractivity contribution in [3.63, 3.8) is 0 Å². The molecule has 6 nitrogen and oxygen atoms in total. The van der Waals surface area contributed by atoms with E-state index in [0.717, 1.165) is 26.5 Å². The molecule has 4 rings (SSSR count). The van der Waals surface area contributed by atoms with Gasteiger partial charge in [0.2, 0.25) is 0 Å². The molecule has 0 saturated carbocycles. The molecule has 1 aromatic heterocycles. The number of benzene rings is 3. The van der Waals surface area contributed by atoms with Gasteiger partial charge in [0.15, 0.2) is 11.5 Å². The van der Waals surface area contributed by atoms with E-state index in [0.29, 0.717) is 52.9 Å². The van der Waals surface area contributed by atoms with E-state index in [1.54, 1.807) is 12.3 Å². The topological polar surface area (TPSA) is 65.7 Å². The summed E-state index contributed by atoms with van der Waals surface area (Å²) >= 11 is 13.3. The fourth-order valence-corrected chi connectivity index (χ4v) is 4.60. The number of hydrogen-bond donors (Lipinski definition) is 0. The zero-order valence-electron chi connectivity index (χ0n) is 19.8. The van der Waals surface area contributed by atoms with Gasteiger partial charge in [-0.25, -0.2) is 4.98 Å².